The largest absolute Gasteiger partial charge is 0.468 e. The van der Waals surface area contributed by atoms with Gasteiger partial charge in [-0.3, -0.25) is 14.4 Å². The van der Waals surface area contributed by atoms with E-state index in [1.165, 1.54) is 14.0 Å². The van der Waals surface area contributed by atoms with Gasteiger partial charge in [-0.25, -0.2) is 4.79 Å². The van der Waals surface area contributed by atoms with Gasteiger partial charge in [0.15, 0.2) is 5.92 Å². The Kier molecular flexibility index (Phi) is 6.92. The lowest BCUT2D eigenvalue weighted by atomic mass is 9.86. The number of nitrogens with one attached hydrogen (secondary N) is 1. The van der Waals surface area contributed by atoms with Crippen LogP contribution in [0.15, 0.2) is 48.5 Å². The first kappa shape index (κ1) is 23.0. The van der Waals surface area contributed by atoms with E-state index in [9.17, 15) is 19.2 Å². The topological polar surface area (TPSA) is 108 Å². The molecule has 0 heterocycles. The van der Waals surface area contributed by atoms with E-state index in [0.29, 0.717) is 0 Å². The van der Waals surface area contributed by atoms with Crippen molar-refractivity contribution in [2.75, 3.05) is 21.3 Å². The minimum Gasteiger partial charge on any atom is -0.468 e. The Hall–Kier alpha value is -3.68. The monoisotopic (exact) mass is 439 g/mol. The van der Waals surface area contributed by atoms with Crippen LogP contribution in [0.25, 0.3) is 11.1 Å². The van der Waals surface area contributed by atoms with Crippen LogP contribution in [0.1, 0.15) is 24.0 Å². The molecule has 168 valence electrons. The van der Waals surface area contributed by atoms with Crippen LogP contribution in [0.3, 0.4) is 0 Å². The van der Waals surface area contributed by atoms with Crippen molar-refractivity contribution >= 4 is 23.8 Å². The van der Waals surface area contributed by atoms with Gasteiger partial charge < -0.3 is 19.5 Å². The molecule has 1 aliphatic rings. The van der Waals surface area contributed by atoms with Crippen molar-refractivity contribution in [1.82, 2.24) is 5.32 Å². The number of amides is 1. The smallest absolute Gasteiger partial charge is 0.328 e. The Morgan fingerprint density at radius 2 is 1.19 bits per heavy atom. The molecule has 0 radical (unpaired) electrons. The van der Waals surface area contributed by atoms with E-state index in [-0.39, 0.29) is 0 Å². The summed E-state index contributed by atoms with van der Waals surface area (Å²) in [6.45, 7) is 1.48. The fourth-order valence-corrected chi connectivity index (χ4v) is 4.18. The molecule has 1 aliphatic carbocycles. The Balaban J connectivity index is 1.96. The molecule has 8 nitrogen and oxygen atoms in total. The lowest BCUT2D eigenvalue weighted by Gasteiger charge is -2.28. The third kappa shape index (κ3) is 4.08. The molecule has 2 atom stereocenters. The van der Waals surface area contributed by atoms with Crippen LogP contribution >= 0.6 is 0 Å². The van der Waals surface area contributed by atoms with Crippen molar-refractivity contribution in [2.24, 2.45) is 11.8 Å². The number of rotatable bonds is 7. The third-order valence-corrected chi connectivity index (χ3v) is 5.81. The molecule has 0 fully saturated rings. The first-order valence-electron chi connectivity index (χ1n) is 10.1. The number of hydrogen-bond acceptors (Lipinski definition) is 7. The second kappa shape index (κ2) is 9.64. The van der Waals surface area contributed by atoms with Gasteiger partial charge in [0.25, 0.3) is 0 Å². The van der Waals surface area contributed by atoms with Crippen molar-refractivity contribution in [3.05, 3.63) is 59.7 Å². The number of carbonyl (C=O) groups is 4. The first-order valence-corrected chi connectivity index (χ1v) is 10.1. The van der Waals surface area contributed by atoms with E-state index < -0.39 is 47.6 Å². The lowest BCUT2D eigenvalue weighted by Crippen LogP contribution is -2.52. The Morgan fingerprint density at radius 1 is 0.750 bits per heavy atom. The summed E-state index contributed by atoms with van der Waals surface area (Å²) in [6, 6.07) is 13.8. The summed E-state index contributed by atoms with van der Waals surface area (Å²) in [6.07, 6.45) is 0. The van der Waals surface area contributed by atoms with Crippen LogP contribution in [0.2, 0.25) is 0 Å². The summed E-state index contributed by atoms with van der Waals surface area (Å²) in [5.74, 6) is -6.04. The number of hydrogen-bond donors (Lipinski definition) is 1. The molecule has 8 heteroatoms. The number of fused-ring (bicyclic) bond motifs is 3. The van der Waals surface area contributed by atoms with Crippen LogP contribution in [0.4, 0.5) is 0 Å². The molecule has 2 aromatic carbocycles. The second-order valence-electron chi connectivity index (χ2n) is 7.50. The summed E-state index contributed by atoms with van der Waals surface area (Å²) in [5, 5.41) is 2.70. The van der Waals surface area contributed by atoms with Gasteiger partial charge in [0.1, 0.15) is 6.04 Å². The van der Waals surface area contributed by atoms with Crippen molar-refractivity contribution in [3.8, 4) is 11.1 Å². The zero-order valence-electron chi connectivity index (χ0n) is 18.3. The normalized spacial score (nSPS) is 14.0. The number of methoxy groups -OCH3 is 3. The zero-order chi connectivity index (χ0) is 23.4. The van der Waals surface area contributed by atoms with Crippen molar-refractivity contribution in [3.63, 3.8) is 0 Å². The summed E-state index contributed by atoms with van der Waals surface area (Å²) >= 11 is 0. The zero-order valence-corrected chi connectivity index (χ0v) is 18.3. The molecule has 3 rings (SSSR count). The van der Waals surface area contributed by atoms with Gasteiger partial charge in [-0.05, 0) is 22.3 Å². The third-order valence-electron chi connectivity index (χ3n) is 5.81. The minimum absolute atomic E-state index is 0.446. The van der Waals surface area contributed by atoms with Gasteiger partial charge in [-0.1, -0.05) is 55.5 Å². The van der Waals surface area contributed by atoms with Crippen molar-refractivity contribution in [1.29, 1.82) is 0 Å². The maximum Gasteiger partial charge on any atom is 0.328 e. The molecule has 2 aromatic rings. The molecule has 1 N–H and O–H groups in total. The second-order valence-corrected chi connectivity index (χ2v) is 7.50. The van der Waals surface area contributed by atoms with E-state index >= 15 is 0 Å². The molecule has 0 unspecified atom stereocenters. The number of carbonyl (C=O) groups excluding carboxylic acids is 4. The number of esters is 3. The summed E-state index contributed by atoms with van der Waals surface area (Å²) in [4.78, 5) is 50.5. The molecule has 0 spiro atoms. The van der Waals surface area contributed by atoms with Crippen LogP contribution < -0.4 is 5.32 Å². The van der Waals surface area contributed by atoms with E-state index in [0.717, 1.165) is 36.5 Å². The Morgan fingerprint density at radius 3 is 1.62 bits per heavy atom. The summed E-state index contributed by atoms with van der Waals surface area (Å²) in [5.41, 5.74) is 3.49. The van der Waals surface area contributed by atoms with Crippen LogP contribution in [0, 0.1) is 11.8 Å². The first-order chi connectivity index (χ1) is 15.3. The Labute approximate surface area is 185 Å². The molecule has 0 saturated carbocycles. The summed E-state index contributed by atoms with van der Waals surface area (Å²) in [7, 11) is 3.42. The fraction of sp³-hybridized carbons (Fsp3) is 0.333. The average Bonchev–Trinajstić information content (AvgIpc) is 3.16. The highest BCUT2D eigenvalue weighted by atomic mass is 16.5. The maximum absolute atomic E-state index is 13.5. The van der Waals surface area contributed by atoms with E-state index in [4.69, 9.17) is 14.2 Å². The van der Waals surface area contributed by atoms with Gasteiger partial charge >= 0.3 is 17.9 Å². The molecule has 0 aromatic heterocycles. The van der Waals surface area contributed by atoms with E-state index in [2.05, 4.69) is 5.32 Å². The maximum atomic E-state index is 13.5. The Bertz CT molecular complexity index is 987. The quantitative estimate of drug-likeness (QED) is 0.400. The van der Waals surface area contributed by atoms with E-state index in [1.807, 2.05) is 48.5 Å². The molecular formula is C24H25NO7. The van der Waals surface area contributed by atoms with Crippen molar-refractivity contribution in [2.45, 2.75) is 18.9 Å². The highest BCUT2D eigenvalue weighted by Crippen LogP contribution is 2.44. The number of ether oxygens (including phenoxy) is 3. The van der Waals surface area contributed by atoms with Gasteiger partial charge in [0.05, 0.1) is 27.2 Å². The molecule has 0 bridgehead atoms. The van der Waals surface area contributed by atoms with Gasteiger partial charge in [0, 0.05) is 5.92 Å². The molecule has 0 saturated heterocycles. The van der Waals surface area contributed by atoms with Gasteiger partial charge in [0.2, 0.25) is 5.91 Å². The lowest BCUT2D eigenvalue weighted by molar-refractivity contribution is -0.163. The summed E-state index contributed by atoms with van der Waals surface area (Å²) < 4.78 is 14.3. The standard InChI is InChI=1S/C24H25NO7/c1-13(18(22(27)30-2)23(28)31-3)20(24(29)32-4)25-21(26)19-16-11-7-5-9-14(16)15-10-6-8-12-17(15)19/h5-13,18-20H,1-4H3,(H,25,26)/t13-,20+/m0/s1. The molecule has 32 heavy (non-hydrogen) atoms. The predicted molar refractivity (Wildman–Crippen MR) is 114 cm³/mol. The predicted octanol–water partition coefficient (Wildman–Crippen LogP) is 2.05. The van der Waals surface area contributed by atoms with Gasteiger partial charge in [-0.2, -0.15) is 0 Å². The molecular weight excluding hydrogens is 414 g/mol. The van der Waals surface area contributed by atoms with Crippen molar-refractivity contribution < 1.29 is 33.4 Å². The van der Waals surface area contributed by atoms with Gasteiger partial charge in [-0.15, -0.1) is 0 Å². The minimum atomic E-state index is -1.42. The van der Waals surface area contributed by atoms with Crippen LogP contribution in [-0.4, -0.2) is 51.2 Å². The highest BCUT2D eigenvalue weighted by Gasteiger charge is 2.44. The molecule has 1 amide bonds. The van der Waals surface area contributed by atoms with E-state index in [1.54, 1.807) is 0 Å². The highest BCUT2D eigenvalue weighted by molar-refractivity contribution is 5.99. The SMILES string of the molecule is COC(=O)C(C(=O)OC)[C@H](C)[C@@H](NC(=O)C1c2ccccc2-c2ccccc21)C(=O)OC. The van der Waals surface area contributed by atoms with Crippen LogP contribution in [-0.2, 0) is 33.4 Å². The molecule has 0 aliphatic heterocycles. The van der Waals surface area contributed by atoms with Crippen LogP contribution in [0.5, 0.6) is 0 Å². The number of benzene rings is 2. The average molecular weight is 439 g/mol. The fourth-order valence-electron chi connectivity index (χ4n) is 4.18.